The molecule has 6 nitrogen and oxygen atoms in total. The second kappa shape index (κ2) is 6.22. The van der Waals surface area contributed by atoms with Crippen LogP contribution in [0.5, 0.6) is 0 Å². The van der Waals surface area contributed by atoms with Gasteiger partial charge in [0.25, 0.3) is 10.2 Å². The molecule has 0 aromatic heterocycles. The Kier molecular flexibility index (Phi) is 4.44. The van der Waals surface area contributed by atoms with Crippen molar-refractivity contribution in [2.24, 2.45) is 5.92 Å². The molecule has 0 N–H and O–H groups in total. The lowest BCUT2D eigenvalue weighted by Crippen LogP contribution is -2.47. The molecule has 0 saturated carbocycles. The van der Waals surface area contributed by atoms with E-state index < -0.39 is 22.1 Å². The minimum Gasteiger partial charge on any atom is -0.469 e. The summed E-state index contributed by atoms with van der Waals surface area (Å²) in [4.78, 5) is 12.1. The number of rotatable bonds is 3. The number of benzene rings is 1. The summed E-state index contributed by atoms with van der Waals surface area (Å²) in [6, 6.07) is 7.47. The number of carbonyl (C=O) groups is 1. The fraction of sp³-hybridized carbons (Fsp3) is 0.562. The third kappa shape index (κ3) is 3.00. The normalized spacial score (nSPS) is 26.0. The summed E-state index contributed by atoms with van der Waals surface area (Å²) in [5.41, 5.74) is 1.73. The zero-order valence-corrected chi connectivity index (χ0v) is 14.3. The summed E-state index contributed by atoms with van der Waals surface area (Å²) in [6.45, 7) is 3.58. The second-order valence-electron chi connectivity index (χ2n) is 6.33. The van der Waals surface area contributed by atoms with Crippen molar-refractivity contribution in [2.75, 3.05) is 26.7 Å². The average molecular weight is 338 g/mol. The molecule has 0 aliphatic carbocycles. The van der Waals surface area contributed by atoms with Crippen LogP contribution in [0.15, 0.2) is 24.3 Å². The first-order valence-electron chi connectivity index (χ1n) is 7.84. The molecular formula is C16H22N2O4S. The van der Waals surface area contributed by atoms with E-state index in [1.54, 1.807) is 0 Å². The number of ether oxygens (including phenoxy) is 1. The van der Waals surface area contributed by atoms with Crippen molar-refractivity contribution in [3.8, 4) is 0 Å². The number of methoxy groups -OCH3 is 1. The number of carbonyl (C=O) groups excluding carboxylic acids is 1. The van der Waals surface area contributed by atoms with Gasteiger partial charge in [-0.1, -0.05) is 31.2 Å². The molecule has 7 heteroatoms. The van der Waals surface area contributed by atoms with E-state index in [0.717, 1.165) is 17.5 Å². The standard InChI is InChI=1S/C16H22N2O4S/c1-12-7-8-17(9-12)23(20,21)18-10-13-5-3-4-6-14(13)15(11-18)16(19)22-2/h3-6,12,15H,7-11H2,1-2H3. The maximum atomic E-state index is 12.9. The lowest BCUT2D eigenvalue weighted by Gasteiger charge is -2.34. The van der Waals surface area contributed by atoms with Gasteiger partial charge in [-0.15, -0.1) is 0 Å². The van der Waals surface area contributed by atoms with Gasteiger partial charge in [0.1, 0.15) is 0 Å². The van der Waals surface area contributed by atoms with Gasteiger partial charge in [0, 0.05) is 26.2 Å². The Labute approximate surface area is 137 Å². The predicted octanol–water partition coefficient (Wildman–Crippen LogP) is 1.35. The first-order valence-corrected chi connectivity index (χ1v) is 9.24. The van der Waals surface area contributed by atoms with Crippen LogP contribution in [0.2, 0.25) is 0 Å². The maximum Gasteiger partial charge on any atom is 0.314 e. The van der Waals surface area contributed by atoms with E-state index in [2.05, 4.69) is 6.92 Å². The topological polar surface area (TPSA) is 66.9 Å². The third-order valence-corrected chi connectivity index (χ3v) is 6.60. The monoisotopic (exact) mass is 338 g/mol. The van der Waals surface area contributed by atoms with Gasteiger partial charge in [0.15, 0.2) is 0 Å². The molecule has 1 fully saturated rings. The van der Waals surface area contributed by atoms with E-state index >= 15 is 0 Å². The van der Waals surface area contributed by atoms with Crippen LogP contribution in [0.1, 0.15) is 30.4 Å². The lowest BCUT2D eigenvalue weighted by molar-refractivity contribution is -0.142. The van der Waals surface area contributed by atoms with Crippen molar-refractivity contribution in [1.29, 1.82) is 0 Å². The van der Waals surface area contributed by atoms with E-state index in [0.29, 0.717) is 25.6 Å². The zero-order valence-electron chi connectivity index (χ0n) is 13.4. The molecule has 2 unspecified atom stereocenters. The van der Waals surface area contributed by atoms with Crippen LogP contribution in [0.25, 0.3) is 0 Å². The van der Waals surface area contributed by atoms with E-state index in [-0.39, 0.29) is 6.54 Å². The molecule has 126 valence electrons. The van der Waals surface area contributed by atoms with Gasteiger partial charge >= 0.3 is 5.97 Å². The Bertz CT molecular complexity index is 704. The number of hydrogen-bond acceptors (Lipinski definition) is 4. The lowest BCUT2D eigenvalue weighted by atomic mass is 9.91. The third-order valence-electron chi connectivity index (χ3n) is 4.69. The highest BCUT2D eigenvalue weighted by atomic mass is 32.2. The predicted molar refractivity (Wildman–Crippen MR) is 85.9 cm³/mol. The number of esters is 1. The summed E-state index contributed by atoms with van der Waals surface area (Å²) in [7, 11) is -2.22. The number of hydrogen-bond donors (Lipinski definition) is 0. The molecule has 23 heavy (non-hydrogen) atoms. The summed E-state index contributed by atoms with van der Waals surface area (Å²) in [5.74, 6) is -0.592. The van der Waals surface area contributed by atoms with Gasteiger partial charge in [0.05, 0.1) is 13.0 Å². The van der Waals surface area contributed by atoms with Gasteiger partial charge in [-0.2, -0.15) is 17.0 Å². The molecule has 1 aromatic carbocycles. The molecule has 1 aromatic rings. The number of fused-ring (bicyclic) bond motifs is 1. The molecule has 2 heterocycles. The molecular weight excluding hydrogens is 316 g/mol. The van der Waals surface area contributed by atoms with Gasteiger partial charge < -0.3 is 4.74 Å². The van der Waals surface area contributed by atoms with Crippen molar-refractivity contribution >= 4 is 16.2 Å². The summed E-state index contributed by atoms with van der Waals surface area (Å²) in [5, 5.41) is 0. The van der Waals surface area contributed by atoms with Crippen LogP contribution < -0.4 is 0 Å². The summed E-state index contributed by atoms with van der Waals surface area (Å²) in [6.07, 6.45) is 0.879. The van der Waals surface area contributed by atoms with Crippen LogP contribution in [0.3, 0.4) is 0 Å². The van der Waals surface area contributed by atoms with Crippen LogP contribution in [-0.2, 0) is 26.3 Å². The quantitative estimate of drug-likeness (QED) is 0.780. The largest absolute Gasteiger partial charge is 0.469 e. The minimum absolute atomic E-state index is 0.136. The zero-order chi connectivity index (χ0) is 16.6. The van der Waals surface area contributed by atoms with Crippen LogP contribution in [0.4, 0.5) is 0 Å². The van der Waals surface area contributed by atoms with Gasteiger partial charge in [-0.05, 0) is 23.5 Å². The second-order valence-corrected chi connectivity index (χ2v) is 8.26. The molecule has 2 atom stereocenters. The molecule has 3 rings (SSSR count). The van der Waals surface area contributed by atoms with Crippen molar-refractivity contribution in [1.82, 2.24) is 8.61 Å². The van der Waals surface area contributed by atoms with Gasteiger partial charge in [0.2, 0.25) is 0 Å². The van der Waals surface area contributed by atoms with Crippen molar-refractivity contribution < 1.29 is 17.9 Å². The highest BCUT2D eigenvalue weighted by Gasteiger charge is 2.40. The van der Waals surface area contributed by atoms with E-state index in [1.165, 1.54) is 15.7 Å². The Balaban J connectivity index is 1.92. The summed E-state index contributed by atoms with van der Waals surface area (Å²) < 4.78 is 33.6. The molecule has 1 saturated heterocycles. The van der Waals surface area contributed by atoms with Crippen LogP contribution in [0, 0.1) is 5.92 Å². The molecule has 2 aliphatic heterocycles. The van der Waals surface area contributed by atoms with E-state index in [1.807, 2.05) is 24.3 Å². The molecule has 0 radical (unpaired) electrons. The Morgan fingerprint density at radius 2 is 1.96 bits per heavy atom. The van der Waals surface area contributed by atoms with Crippen molar-refractivity contribution in [3.05, 3.63) is 35.4 Å². The first kappa shape index (κ1) is 16.4. The van der Waals surface area contributed by atoms with Crippen LogP contribution >= 0.6 is 0 Å². The smallest absolute Gasteiger partial charge is 0.314 e. The number of nitrogens with zero attached hydrogens (tertiary/aromatic N) is 2. The fourth-order valence-electron chi connectivity index (χ4n) is 3.36. The SMILES string of the molecule is COC(=O)C1CN(S(=O)(=O)N2CCC(C)C2)Cc2ccccc21. The van der Waals surface area contributed by atoms with Crippen molar-refractivity contribution in [2.45, 2.75) is 25.8 Å². The van der Waals surface area contributed by atoms with Gasteiger partial charge in [-0.25, -0.2) is 0 Å². The van der Waals surface area contributed by atoms with Gasteiger partial charge in [-0.3, -0.25) is 4.79 Å². The summed E-state index contributed by atoms with van der Waals surface area (Å²) >= 11 is 0. The Morgan fingerprint density at radius 3 is 2.61 bits per heavy atom. The molecule has 0 spiro atoms. The van der Waals surface area contributed by atoms with E-state index in [9.17, 15) is 13.2 Å². The highest BCUT2D eigenvalue weighted by Crippen LogP contribution is 2.32. The maximum absolute atomic E-state index is 12.9. The highest BCUT2D eigenvalue weighted by molar-refractivity contribution is 7.86. The molecule has 0 bridgehead atoms. The Morgan fingerprint density at radius 1 is 1.22 bits per heavy atom. The first-order chi connectivity index (χ1) is 10.9. The van der Waals surface area contributed by atoms with Crippen LogP contribution in [-0.4, -0.2) is 49.7 Å². The van der Waals surface area contributed by atoms with Crippen molar-refractivity contribution in [3.63, 3.8) is 0 Å². The average Bonchev–Trinajstić information content (AvgIpc) is 3.00. The molecule has 2 aliphatic rings. The fourth-order valence-corrected chi connectivity index (χ4v) is 5.11. The van der Waals surface area contributed by atoms with E-state index in [4.69, 9.17) is 4.74 Å². The molecule has 0 amide bonds. The Hall–Kier alpha value is -1.44. The minimum atomic E-state index is -3.55.